The number of ether oxygens (including phenoxy) is 1. The van der Waals surface area contributed by atoms with Crippen molar-refractivity contribution >= 4 is 5.69 Å². The second kappa shape index (κ2) is 5.12. The lowest BCUT2D eigenvalue weighted by molar-refractivity contribution is -0.385. The molecule has 92 valence electrons. The van der Waals surface area contributed by atoms with E-state index < -0.39 is 10.7 Å². The minimum atomic E-state index is -0.554. The highest BCUT2D eigenvalue weighted by molar-refractivity contribution is 5.39. The van der Waals surface area contributed by atoms with E-state index >= 15 is 0 Å². The predicted molar refractivity (Wildman–Crippen MR) is 60.5 cm³/mol. The lowest BCUT2D eigenvalue weighted by atomic mass is 10.1. The first-order chi connectivity index (χ1) is 8.16. The molecule has 0 aromatic heterocycles. The van der Waals surface area contributed by atoms with Crippen LogP contribution in [0.2, 0.25) is 0 Å². The first-order valence-electron chi connectivity index (χ1n) is 5.73. The summed E-state index contributed by atoms with van der Waals surface area (Å²) >= 11 is 0. The summed E-state index contributed by atoms with van der Waals surface area (Å²) < 4.78 is 18.7. The van der Waals surface area contributed by atoms with Gasteiger partial charge in [-0.05, 0) is 24.8 Å². The van der Waals surface area contributed by atoms with E-state index in [2.05, 4.69) is 0 Å². The first-order valence-corrected chi connectivity index (χ1v) is 5.73. The van der Waals surface area contributed by atoms with Crippen molar-refractivity contribution in [2.75, 3.05) is 6.61 Å². The third-order valence-electron chi connectivity index (χ3n) is 3.07. The topological polar surface area (TPSA) is 52.4 Å². The Bertz CT molecular complexity index is 416. The fraction of sp³-hybridized carbons (Fsp3) is 0.500. The number of non-ortho nitro benzene ring substituents is 1. The zero-order chi connectivity index (χ0) is 12.3. The molecule has 1 saturated carbocycles. The number of nitro groups is 1. The van der Waals surface area contributed by atoms with Crippen molar-refractivity contribution in [3.8, 4) is 5.75 Å². The standard InChI is InChI=1S/C12H14FNO3/c13-11-6-5-10(14(15)16)7-12(11)17-8-9-3-1-2-4-9/h5-7,9H,1-4,8H2. The number of hydrogen-bond acceptors (Lipinski definition) is 3. The van der Waals surface area contributed by atoms with Crippen LogP contribution in [0.5, 0.6) is 5.75 Å². The van der Waals surface area contributed by atoms with Crippen LogP contribution in [0, 0.1) is 21.8 Å². The second-order valence-corrected chi connectivity index (χ2v) is 4.33. The number of nitrogens with zero attached hydrogens (tertiary/aromatic N) is 1. The fourth-order valence-electron chi connectivity index (χ4n) is 2.10. The van der Waals surface area contributed by atoms with Crippen molar-refractivity contribution in [2.45, 2.75) is 25.7 Å². The van der Waals surface area contributed by atoms with Gasteiger partial charge in [0.15, 0.2) is 11.6 Å². The van der Waals surface area contributed by atoms with Crippen LogP contribution in [0.15, 0.2) is 18.2 Å². The van der Waals surface area contributed by atoms with Gasteiger partial charge < -0.3 is 4.74 Å². The molecule has 0 heterocycles. The van der Waals surface area contributed by atoms with Gasteiger partial charge in [-0.1, -0.05) is 12.8 Å². The summed E-state index contributed by atoms with van der Waals surface area (Å²) in [6, 6.07) is 3.35. The van der Waals surface area contributed by atoms with Crippen molar-refractivity contribution < 1.29 is 14.1 Å². The van der Waals surface area contributed by atoms with Crippen LogP contribution in [0.25, 0.3) is 0 Å². The first kappa shape index (κ1) is 11.8. The third kappa shape index (κ3) is 2.93. The predicted octanol–water partition coefficient (Wildman–Crippen LogP) is 3.30. The van der Waals surface area contributed by atoms with E-state index in [1.807, 2.05) is 0 Å². The summed E-state index contributed by atoms with van der Waals surface area (Å²) in [5, 5.41) is 10.6. The van der Waals surface area contributed by atoms with Gasteiger partial charge in [0.05, 0.1) is 17.6 Å². The van der Waals surface area contributed by atoms with Gasteiger partial charge in [-0.25, -0.2) is 4.39 Å². The summed E-state index contributed by atoms with van der Waals surface area (Å²) in [6.45, 7) is 0.443. The zero-order valence-corrected chi connectivity index (χ0v) is 9.39. The largest absolute Gasteiger partial charge is 0.490 e. The summed E-state index contributed by atoms with van der Waals surface area (Å²) in [6.07, 6.45) is 4.56. The number of hydrogen-bond donors (Lipinski definition) is 0. The van der Waals surface area contributed by atoms with Gasteiger partial charge in [0.1, 0.15) is 0 Å². The summed E-state index contributed by atoms with van der Waals surface area (Å²) in [5.74, 6) is -0.117. The molecule has 1 aromatic rings. The molecular formula is C12H14FNO3. The van der Waals surface area contributed by atoms with Gasteiger partial charge in [0.2, 0.25) is 0 Å². The van der Waals surface area contributed by atoms with Crippen LogP contribution in [0.4, 0.5) is 10.1 Å². The molecule has 0 aliphatic heterocycles. The Labute approximate surface area is 98.5 Å². The molecule has 0 bridgehead atoms. The normalized spacial score (nSPS) is 16.1. The maximum absolute atomic E-state index is 13.4. The Morgan fingerprint density at radius 1 is 1.41 bits per heavy atom. The number of nitro benzene ring substituents is 1. The highest BCUT2D eigenvalue weighted by Gasteiger charge is 2.17. The fourth-order valence-corrected chi connectivity index (χ4v) is 2.10. The summed E-state index contributed by atoms with van der Waals surface area (Å²) in [7, 11) is 0. The smallest absolute Gasteiger partial charge is 0.273 e. The number of rotatable bonds is 4. The molecule has 0 saturated heterocycles. The molecule has 2 rings (SSSR count). The van der Waals surface area contributed by atoms with Gasteiger partial charge in [0.25, 0.3) is 5.69 Å². The van der Waals surface area contributed by atoms with Gasteiger partial charge in [0, 0.05) is 6.07 Å². The Hall–Kier alpha value is -1.65. The Balaban J connectivity index is 2.03. The molecule has 4 nitrogen and oxygen atoms in total. The van der Waals surface area contributed by atoms with Crippen LogP contribution in [-0.4, -0.2) is 11.5 Å². The molecule has 0 spiro atoms. The lowest BCUT2D eigenvalue weighted by Crippen LogP contribution is -2.09. The molecule has 0 amide bonds. The molecule has 0 atom stereocenters. The molecule has 5 heteroatoms. The average molecular weight is 239 g/mol. The summed E-state index contributed by atoms with van der Waals surface area (Å²) in [4.78, 5) is 10.00. The maximum Gasteiger partial charge on any atom is 0.273 e. The number of benzene rings is 1. The zero-order valence-electron chi connectivity index (χ0n) is 9.39. The molecule has 0 radical (unpaired) electrons. The lowest BCUT2D eigenvalue weighted by Gasteiger charge is -2.11. The SMILES string of the molecule is O=[N+]([O-])c1ccc(F)c(OCC2CCCC2)c1. The molecular weight excluding hydrogens is 225 g/mol. The van der Waals surface area contributed by atoms with E-state index in [-0.39, 0.29) is 11.4 Å². The van der Waals surface area contributed by atoms with Crippen molar-refractivity contribution in [1.29, 1.82) is 0 Å². The van der Waals surface area contributed by atoms with Gasteiger partial charge >= 0.3 is 0 Å². The second-order valence-electron chi connectivity index (χ2n) is 4.33. The molecule has 1 aliphatic rings. The van der Waals surface area contributed by atoms with E-state index in [1.54, 1.807) is 0 Å². The highest BCUT2D eigenvalue weighted by Crippen LogP contribution is 2.28. The Kier molecular flexibility index (Phi) is 3.56. The molecule has 1 aliphatic carbocycles. The van der Waals surface area contributed by atoms with Crippen molar-refractivity contribution in [3.05, 3.63) is 34.1 Å². The van der Waals surface area contributed by atoms with Gasteiger partial charge in [-0.2, -0.15) is 0 Å². The van der Waals surface area contributed by atoms with E-state index in [9.17, 15) is 14.5 Å². The quantitative estimate of drug-likeness (QED) is 0.598. The molecule has 1 aromatic carbocycles. The van der Waals surface area contributed by atoms with E-state index in [0.29, 0.717) is 12.5 Å². The minimum absolute atomic E-state index is 0.0221. The Morgan fingerprint density at radius 2 is 2.12 bits per heavy atom. The number of halogens is 1. The molecule has 1 fully saturated rings. The van der Waals surface area contributed by atoms with Crippen molar-refractivity contribution in [1.82, 2.24) is 0 Å². The monoisotopic (exact) mass is 239 g/mol. The van der Waals surface area contributed by atoms with Crippen molar-refractivity contribution in [2.24, 2.45) is 5.92 Å². The van der Waals surface area contributed by atoms with Crippen LogP contribution in [-0.2, 0) is 0 Å². The van der Waals surface area contributed by atoms with Crippen molar-refractivity contribution in [3.63, 3.8) is 0 Å². The van der Waals surface area contributed by atoms with E-state index in [1.165, 1.54) is 12.8 Å². The van der Waals surface area contributed by atoms with Crippen LogP contribution in [0.3, 0.4) is 0 Å². The van der Waals surface area contributed by atoms with Crippen LogP contribution in [0.1, 0.15) is 25.7 Å². The molecule has 17 heavy (non-hydrogen) atoms. The van der Waals surface area contributed by atoms with Gasteiger partial charge in [-0.3, -0.25) is 10.1 Å². The maximum atomic E-state index is 13.4. The Morgan fingerprint density at radius 3 is 2.76 bits per heavy atom. The third-order valence-corrected chi connectivity index (χ3v) is 3.07. The van der Waals surface area contributed by atoms with E-state index in [0.717, 1.165) is 31.0 Å². The highest BCUT2D eigenvalue weighted by atomic mass is 19.1. The average Bonchev–Trinajstić information content (AvgIpc) is 2.80. The minimum Gasteiger partial charge on any atom is -0.490 e. The van der Waals surface area contributed by atoms with Crippen LogP contribution < -0.4 is 4.74 Å². The van der Waals surface area contributed by atoms with Gasteiger partial charge in [-0.15, -0.1) is 0 Å². The molecule has 0 N–H and O–H groups in total. The molecule has 0 unspecified atom stereocenters. The summed E-state index contributed by atoms with van der Waals surface area (Å²) in [5.41, 5.74) is -0.146. The van der Waals surface area contributed by atoms with Crippen LogP contribution >= 0.6 is 0 Å². The van der Waals surface area contributed by atoms with E-state index in [4.69, 9.17) is 4.74 Å².